The van der Waals surface area contributed by atoms with Crippen LogP contribution in [0.25, 0.3) is 0 Å². The first kappa shape index (κ1) is 13.8. The van der Waals surface area contributed by atoms with Crippen LogP contribution in [-0.2, 0) is 11.2 Å². The second-order valence-corrected chi connectivity index (χ2v) is 4.30. The van der Waals surface area contributed by atoms with E-state index in [9.17, 15) is 14.3 Å². The molecule has 0 amide bonds. The summed E-state index contributed by atoms with van der Waals surface area (Å²) in [6.07, 6.45) is 0.329. The average molecular weight is 307 g/mol. The fourth-order valence-electron chi connectivity index (χ4n) is 1.48. The van der Waals surface area contributed by atoms with Crippen molar-refractivity contribution in [3.8, 4) is 11.5 Å². The molecule has 0 aliphatic rings. The maximum Gasteiger partial charge on any atom is 0.303 e. The summed E-state index contributed by atoms with van der Waals surface area (Å²) in [5, 5.41) is 18.3. The Morgan fingerprint density at radius 3 is 2.76 bits per heavy atom. The molecule has 0 aliphatic heterocycles. The van der Waals surface area contributed by atoms with E-state index in [4.69, 9.17) is 9.84 Å². The standard InChI is InChI=1S/C11H12BrFO4/c1-17-11-7(12)5-8(13)6(10(11)16)3-2-4-9(14)15/h5,16H,2-4H2,1H3,(H,14,15). The second kappa shape index (κ2) is 5.86. The minimum Gasteiger partial charge on any atom is -0.504 e. The number of phenols is 1. The van der Waals surface area contributed by atoms with Crippen LogP contribution in [0.15, 0.2) is 10.5 Å². The lowest BCUT2D eigenvalue weighted by molar-refractivity contribution is -0.137. The molecular weight excluding hydrogens is 295 g/mol. The molecule has 1 aromatic rings. The Labute approximate surface area is 106 Å². The van der Waals surface area contributed by atoms with Crippen molar-refractivity contribution in [2.24, 2.45) is 0 Å². The van der Waals surface area contributed by atoms with E-state index in [-0.39, 0.29) is 36.3 Å². The summed E-state index contributed by atoms with van der Waals surface area (Å²) in [6.45, 7) is 0. The van der Waals surface area contributed by atoms with Gasteiger partial charge in [0.25, 0.3) is 0 Å². The van der Waals surface area contributed by atoms with Crippen LogP contribution in [-0.4, -0.2) is 23.3 Å². The van der Waals surface area contributed by atoms with E-state index < -0.39 is 11.8 Å². The van der Waals surface area contributed by atoms with Crippen LogP contribution >= 0.6 is 15.9 Å². The van der Waals surface area contributed by atoms with Gasteiger partial charge in [0.1, 0.15) is 5.82 Å². The number of aliphatic carboxylic acids is 1. The topological polar surface area (TPSA) is 66.8 Å². The SMILES string of the molecule is COc1c(Br)cc(F)c(CCCC(=O)O)c1O. The molecule has 0 bridgehead atoms. The predicted molar refractivity (Wildman–Crippen MR) is 62.9 cm³/mol. The van der Waals surface area contributed by atoms with Gasteiger partial charge in [-0.1, -0.05) is 0 Å². The van der Waals surface area contributed by atoms with E-state index in [1.807, 2.05) is 0 Å². The number of halogens is 2. The molecule has 0 radical (unpaired) electrons. The number of carbonyl (C=O) groups is 1. The van der Waals surface area contributed by atoms with Crippen LogP contribution in [0.2, 0.25) is 0 Å². The fourth-order valence-corrected chi connectivity index (χ4v) is 2.03. The van der Waals surface area contributed by atoms with Gasteiger partial charge in [0.15, 0.2) is 11.5 Å². The molecule has 0 saturated carbocycles. The van der Waals surface area contributed by atoms with E-state index in [0.717, 1.165) is 0 Å². The van der Waals surface area contributed by atoms with Crippen molar-refractivity contribution in [2.45, 2.75) is 19.3 Å². The van der Waals surface area contributed by atoms with Crippen LogP contribution in [0.1, 0.15) is 18.4 Å². The number of benzene rings is 1. The highest BCUT2D eigenvalue weighted by atomic mass is 79.9. The first-order valence-corrected chi connectivity index (χ1v) is 5.72. The average Bonchev–Trinajstić information content (AvgIpc) is 2.22. The zero-order valence-electron chi connectivity index (χ0n) is 9.17. The lowest BCUT2D eigenvalue weighted by Crippen LogP contribution is -1.99. The molecule has 6 heteroatoms. The van der Waals surface area contributed by atoms with Crippen molar-refractivity contribution in [1.29, 1.82) is 0 Å². The number of aromatic hydroxyl groups is 1. The highest BCUT2D eigenvalue weighted by molar-refractivity contribution is 9.10. The molecule has 0 heterocycles. The van der Waals surface area contributed by atoms with Crippen molar-refractivity contribution in [3.63, 3.8) is 0 Å². The molecular formula is C11H12BrFO4. The smallest absolute Gasteiger partial charge is 0.303 e. The van der Waals surface area contributed by atoms with E-state index in [1.165, 1.54) is 13.2 Å². The molecule has 2 N–H and O–H groups in total. The Hall–Kier alpha value is -1.30. The number of carboxylic acid groups (broad SMARTS) is 1. The van der Waals surface area contributed by atoms with Crippen LogP contribution in [0.5, 0.6) is 11.5 Å². The molecule has 1 aromatic carbocycles. The van der Waals surface area contributed by atoms with Gasteiger partial charge in [0, 0.05) is 12.0 Å². The van der Waals surface area contributed by atoms with Gasteiger partial charge in [-0.05, 0) is 34.8 Å². The lowest BCUT2D eigenvalue weighted by atomic mass is 10.1. The third kappa shape index (κ3) is 3.33. The summed E-state index contributed by atoms with van der Waals surface area (Å²) in [7, 11) is 1.36. The Bertz CT molecular complexity index is 434. The number of hydrogen-bond acceptors (Lipinski definition) is 3. The van der Waals surface area contributed by atoms with Crippen LogP contribution in [0.4, 0.5) is 4.39 Å². The maximum atomic E-state index is 13.6. The normalized spacial score (nSPS) is 10.3. The Morgan fingerprint density at radius 1 is 1.59 bits per heavy atom. The van der Waals surface area contributed by atoms with Crippen LogP contribution in [0, 0.1) is 5.82 Å². The number of rotatable bonds is 5. The first-order valence-electron chi connectivity index (χ1n) is 4.93. The van der Waals surface area contributed by atoms with Crippen molar-refractivity contribution in [3.05, 3.63) is 21.9 Å². The molecule has 1 rings (SSSR count). The lowest BCUT2D eigenvalue weighted by Gasteiger charge is -2.11. The van der Waals surface area contributed by atoms with Gasteiger partial charge in [0.2, 0.25) is 0 Å². The van der Waals surface area contributed by atoms with Crippen molar-refractivity contribution in [1.82, 2.24) is 0 Å². The molecule has 0 aliphatic carbocycles. The van der Waals surface area contributed by atoms with Crippen LogP contribution in [0.3, 0.4) is 0 Å². The van der Waals surface area contributed by atoms with Crippen molar-refractivity contribution < 1.29 is 24.1 Å². The van der Waals surface area contributed by atoms with Crippen molar-refractivity contribution in [2.75, 3.05) is 7.11 Å². The zero-order valence-corrected chi connectivity index (χ0v) is 10.8. The molecule has 0 unspecified atom stereocenters. The summed E-state index contributed by atoms with van der Waals surface area (Å²) in [5.41, 5.74) is 0.0753. The van der Waals surface area contributed by atoms with Gasteiger partial charge in [-0.3, -0.25) is 4.79 Å². The van der Waals surface area contributed by atoms with E-state index in [2.05, 4.69) is 15.9 Å². The first-order chi connectivity index (χ1) is 7.97. The third-order valence-electron chi connectivity index (χ3n) is 2.28. The maximum absolute atomic E-state index is 13.6. The number of hydrogen-bond donors (Lipinski definition) is 2. The van der Waals surface area contributed by atoms with E-state index >= 15 is 0 Å². The van der Waals surface area contributed by atoms with E-state index in [1.54, 1.807) is 0 Å². The highest BCUT2D eigenvalue weighted by Crippen LogP contribution is 2.39. The molecule has 0 spiro atoms. The molecule has 0 saturated heterocycles. The Kier molecular flexibility index (Phi) is 4.74. The Balaban J connectivity index is 2.94. The van der Waals surface area contributed by atoms with Crippen molar-refractivity contribution >= 4 is 21.9 Å². The summed E-state index contributed by atoms with van der Waals surface area (Å²) in [5.74, 6) is -1.67. The molecule has 17 heavy (non-hydrogen) atoms. The monoisotopic (exact) mass is 306 g/mol. The van der Waals surface area contributed by atoms with Gasteiger partial charge in [-0.2, -0.15) is 0 Å². The fraction of sp³-hybridized carbons (Fsp3) is 0.364. The minimum atomic E-state index is -0.950. The molecule has 0 fully saturated rings. The quantitative estimate of drug-likeness (QED) is 0.878. The summed E-state index contributed by atoms with van der Waals surface area (Å²) < 4.78 is 18.8. The number of methoxy groups -OCH3 is 1. The largest absolute Gasteiger partial charge is 0.504 e. The molecule has 0 atom stereocenters. The van der Waals surface area contributed by atoms with Crippen LogP contribution < -0.4 is 4.74 Å². The summed E-state index contributed by atoms with van der Waals surface area (Å²) in [4.78, 5) is 10.3. The second-order valence-electron chi connectivity index (χ2n) is 3.45. The number of ether oxygens (including phenoxy) is 1. The highest BCUT2D eigenvalue weighted by Gasteiger charge is 2.17. The third-order valence-corrected chi connectivity index (χ3v) is 2.87. The van der Waals surface area contributed by atoms with E-state index in [0.29, 0.717) is 4.47 Å². The summed E-state index contributed by atoms with van der Waals surface area (Å²) in [6, 6.07) is 1.19. The zero-order chi connectivity index (χ0) is 13.0. The Morgan fingerprint density at radius 2 is 2.24 bits per heavy atom. The molecule has 0 aromatic heterocycles. The molecule has 4 nitrogen and oxygen atoms in total. The van der Waals surface area contributed by atoms with Gasteiger partial charge in [0.05, 0.1) is 11.6 Å². The van der Waals surface area contributed by atoms with Gasteiger partial charge in [-0.25, -0.2) is 4.39 Å². The number of carboxylic acids is 1. The van der Waals surface area contributed by atoms with Gasteiger partial charge in [-0.15, -0.1) is 0 Å². The van der Waals surface area contributed by atoms with Gasteiger partial charge < -0.3 is 14.9 Å². The minimum absolute atomic E-state index is 0.0722. The molecule has 94 valence electrons. The number of phenolic OH excluding ortho intramolecular Hbond substituents is 1. The summed E-state index contributed by atoms with van der Waals surface area (Å²) >= 11 is 3.06. The van der Waals surface area contributed by atoms with Gasteiger partial charge >= 0.3 is 5.97 Å². The predicted octanol–water partition coefficient (Wildman–Crippen LogP) is 2.71.